The summed E-state index contributed by atoms with van der Waals surface area (Å²) in [6.45, 7) is 0.696. The average Bonchev–Trinajstić information content (AvgIpc) is 2.47. The molecule has 1 aliphatic rings. The van der Waals surface area contributed by atoms with Crippen LogP contribution in [0.5, 0.6) is 0 Å². The van der Waals surface area contributed by atoms with Crippen LogP contribution in [0.2, 0.25) is 5.02 Å². The highest BCUT2D eigenvalue weighted by Gasteiger charge is 2.20. The van der Waals surface area contributed by atoms with Crippen LogP contribution in [0.3, 0.4) is 0 Å². The molecular formula is C16H22ClNO2S. The summed E-state index contributed by atoms with van der Waals surface area (Å²) < 4.78 is 0. The first kappa shape index (κ1) is 16.7. The number of hydrogen-bond acceptors (Lipinski definition) is 3. The van der Waals surface area contributed by atoms with Crippen LogP contribution in [0.1, 0.15) is 32.1 Å². The third-order valence-corrected chi connectivity index (χ3v) is 5.02. The van der Waals surface area contributed by atoms with Gasteiger partial charge in [0.25, 0.3) is 0 Å². The predicted octanol–water partition coefficient (Wildman–Crippen LogP) is 3.49. The average molecular weight is 328 g/mol. The lowest BCUT2D eigenvalue weighted by Gasteiger charge is -2.25. The van der Waals surface area contributed by atoms with Crippen LogP contribution in [-0.4, -0.2) is 29.4 Å². The van der Waals surface area contributed by atoms with Crippen LogP contribution in [0.4, 0.5) is 0 Å². The summed E-state index contributed by atoms with van der Waals surface area (Å²) in [5.74, 6) is 1.29. The summed E-state index contributed by atoms with van der Waals surface area (Å²) >= 11 is 7.49. The van der Waals surface area contributed by atoms with Crippen molar-refractivity contribution in [2.75, 3.05) is 12.3 Å². The van der Waals surface area contributed by atoms with Crippen molar-refractivity contribution < 1.29 is 9.90 Å². The van der Waals surface area contributed by atoms with E-state index in [2.05, 4.69) is 5.32 Å². The molecule has 1 aromatic rings. The molecule has 0 radical (unpaired) electrons. The maximum Gasteiger partial charge on any atom is 0.220 e. The van der Waals surface area contributed by atoms with E-state index < -0.39 is 0 Å². The molecule has 2 unspecified atom stereocenters. The summed E-state index contributed by atoms with van der Waals surface area (Å²) in [6.07, 6.45) is 4.23. The van der Waals surface area contributed by atoms with E-state index in [0.717, 1.165) is 41.4 Å². The van der Waals surface area contributed by atoms with E-state index in [1.54, 1.807) is 11.8 Å². The number of carbonyl (C=O) groups excluding carboxylic acids is 1. The Bertz CT molecular complexity index is 452. The number of rotatable bonds is 6. The minimum atomic E-state index is -0.180. The van der Waals surface area contributed by atoms with Gasteiger partial charge >= 0.3 is 0 Å². The molecule has 0 heterocycles. The highest BCUT2D eigenvalue weighted by molar-refractivity contribution is 7.99. The zero-order chi connectivity index (χ0) is 15.1. The van der Waals surface area contributed by atoms with Gasteiger partial charge in [-0.25, -0.2) is 0 Å². The molecule has 2 atom stereocenters. The van der Waals surface area contributed by atoms with Crippen LogP contribution < -0.4 is 5.32 Å². The molecule has 5 heteroatoms. The highest BCUT2D eigenvalue weighted by atomic mass is 35.5. The molecule has 1 aromatic carbocycles. The maximum absolute atomic E-state index is 11.8. The Morgan fingerprint density at radius 1 is 1.33 bits per heavy atom. The molecule has 0 aliphatic heterocycles. The van der Waals surface area contributed by atoms with E-state index >= 15 is 0 Å². The quantitative estimate of drug-likeness (QED) is 0.786. The summed E-state index contributed by atoms with van der Waals surface area (Å²) in [5.41, 5.74) is 0. The number of thioether (sulfide) groups is 1. The van der Waals surface area contributed by atoms with Crippen molar-refractivity contribution in [2.24, 2.45) is 5.92 Å². The summed E-state index contributed by atoms with van der Waals surface area (Å²) in [4.78, 5) is 12.9. The molecule has 1 amide bonds. The number of aliphatic hydroxyl groups excluding tert-OH is 1. The van der Waals surface area contributed by atoms with Gasteiger partial charge in [-0.1, -0.05) is 18.0 Å². The fraction of sp³-hybridized carbons (Fsp3) is 0.562. The van der Waals surface area contributed by atoms with Crippen LogP contribution in [0, 0.1) is 5.92 Å². The zero-order valence-corrected chi connectivity index (χ0v) is 13.6. The second-order valence-electron chi connectivity index (χ2n) is 5.54. The smallest absolute Gasteiger partial charge is 0.220 e. The predicted molar refractivity (Wildman–Crippen MR) is 87.8 cm³/mol. The van der Waals surface area contributed by atoms with E-state index in [0.29, 0.717) is 18.9 Å². The molecule has 2 rings (SSSR count). The largest absolute Gasteiger partial charge is 0.393 e. The number of amides is 1. The van der Waals surface area contributed by atoms with Crippen molar-refractivity contribution in [1.29, 1.82) is 0 Å². The number of nitrogens with one attached hydrogen (secondary N) is 1. The molecule has 0 spiro atoms. The molecule has 1 fully saturated rings. The fourth-order valence-electron chi connectivity index (χ4n) is 2.59. The summed E-state index contributed by atoms with van der Waals surface area (Å²) in [7, 11) is 0. The topological polar surface area (TPSA) is 49.3 Å². The molecular weight excluding hydrogens is 306 g/mol. The van der Waals surface area contributed by atoms with Crippen LogP contribution in [0.25, 0.3) is 0 Å². The number of aliphatic hydroxyl groups is 1. The lowest BCUT2D eigenvalue weighted by atomic mass is 9.87. The third kappa shape index (κ3) is 6.29. The minimum absolute atomic E-state index is 0.0940. The van der Waals surface area contributed by atoms with Gasteiger partial charge in [0.1, 0.15) is 0 Å². The van der Waals surface area contributed by atoms with Gasteiger partial charge in [0.15, 0.2) is 0 Å². The van der Waals surface area contributed by atoms with E-state index in [9.17, 15) is 9.90 Å². The molecule has 2 N–H and O–H groups in total. The first-order valence-electron chi connectivity index (χ1n) is 7.46. The van der Waals surface area contributed by atoms with Crippen molar-refractivity contribution in [1.82, 2.24) is 5.32 Å². The molecule has 0 saturated heterocycles. The number of carbonyl (C=O) groups is 1. The van der Waals surface area contributed by atoms with Gasteiger partial charge < -0.3 is 10.4 Å². The Morgan fingerprint density at radius 3 is 2.81 bits per heavy atom. The lowest BCUT2D eigenvalue weighted by Crippen LogP contribution is -2.33. The molecule has 21 heavy (non-hydrogen) atoms. The molecule has 0 aromatic heterocycles. The van der Waals surface area contributed by atoms with Crippen molar-refractivity contribution in [3.63, 3.8) is 0 Å². The normalized spacial score (nSPS) is 22.0. The third-order valence-electron chi connectivity index (χ3n) is 3.75. The standard InChI is InChI=1S/C16H22ClNO2S/c17-13-4-6-15(7-5-13)21-9-8-16(20)18-11-12-2-1-3-14(19)10-12/h4-7,12,14,19H,1-3,8-11H2,(H,18,20). The van der Waals surface area contributed by atoms with Crippen molar-refractivity contribution in [3.8, 4) is 0 Å². The lowest BCUT2D eigenvalue weighted by molar-refractivity contribution is -0.121. The Hall–Kier alpha value is -0.710. The van der Waals surface area contributed by atoms with Crippen molar-refractivity contribution in [2.45, 2.75) is 43.1 Å². The van der Waals surface area contributed by atoms with Gasteiger partial charge in [0.2, 0.25) is 5.91 Å². The Labute approximate surface area is 135 Å². The second kappa shape index (κ2) is 8.66. The number of halogens is 1. The molecule has 1 saturated carbocycles. The van der Waals surface area contributed by atoms with Gasteiger partial charge in [-0.15, -0.1) is 11.8 Å². The van der Waals surface area contributed by atoms with E-state index in [4.69, 9.17) is 11.6 Å². The maximum atomic E-state index is 11.8. The Morgan fingerprint density at radius 2 is 2.10 bits per heavy atom. The minimum Gasteiger partial charge on any atom is -0.393 e. The molecule has 1 aliphatic carbocycles. The van der Waals surface area contributed by atoms with Crippen molar-refractivity contribution >= 4 is 29.3 Å². The number of benzene rings is 1. The number of hydrogen-bond donors (Lipinski definition) is 2. The zero-order valence-electron chi connectivity index (χ0n) is 12.1. The van der Waals surface area contributed by atoms with Gasteiger partial charge in [0.05, 0.1) is 6.10 Å². The fourth-order valence-corrected chi connectivity index (χ4v) is 3.56. The Balaban J connectivity index is 1.60. The first-order valence-corrected chi connectivity index (χ1v) is 8.83. The van der Waals surface area contributed by atoms with Crippen molar-refractivity contribution in [3.05, 3.63) is 29.3 Å². The van der Waals surface area contributed by atoms with Crippen LogP contribution in [-0.2, 0) is 4.79 Å². The van der Waals surface area contributed by atoms with Crippen LogP contribution >= 0.6 is 23.4 Å². The van der Waals surface area contributed by atoms with E-state index in [1.807, 2.05) is 24.3 Å². The highest BCUT2D eigenvalue weighted by Crippen LogP contribution is 2.24. The van der Waals surface area contributed by atoms with Gasteiger partial charge in [0, 0.05) is 28.6 Å². The first-order chi connectivity index (χ1) is 10.1. The van der Waals surface area contributed by atoms with Gasteiger partial charge in [-0.3, -0.25) is 4.79 Å². The Kier molecular flexibility index (Phi) is 6.87. The molecule has 3 nitrogen and oxygen atoms in total. The second-order valence-corrected chi connectivity index (χ2v) is 7.15. The molecule has 116 valence electrons. The van der Waals surface area contributed by atoms with Gasteiger partial charge in [-0.2, -0.15) is 0 Å². The summed E-state index contributed by atoms with van der Waals surface area (Å²) in [5, 5.41) is 13.3. The van der Waals surface area contributed by atoms with Gasteiger partial charge in [-0.05, 0) is 49.4 Å². The van der Waals surface area contributed by atoms with E-state index in [1.165, 1.54) is 0 Å². The van der Waals surface area contributed by atoms with E-state index in [-0.39, 0.29) is 12.0 Å². The SMILES string of the molecule is O=C(CCSc1ccc(Cl)cc1)NCC1CCCC(O)C1. The monoisotopic (exact) mass is 327 g/mol. The molecule has 0 bridgehead atoms. The van der Waals surface area contributed by atoms with Crippen LogP contribution in [0.15, 0.2) is 29.2 Å². The summed E-state index contributed by atoms with van der Waals surface area (Å²) in [6, 6.07) is 7.65.